The van der Waals surface area contributed by atoms with E-state index in [0.29, 0.717) is 5.69 Å². The smallest absolute Gasteiger partial charge is 0.411 e. The molecule has 0 bridgehead atoms. The minimum Gasteiger partial charge on any atom is -0.497 e. The predicted octanol–water partition coefficient (Wildman–Crippen LogP) is 2.43. The minimum atomic E-state index is -0.500. The summed E-state index contributed by atoms with van der Waals surface area (Å²) in [7, 11) is 1.58. The topological polar surface area (TPSA) is 47.6 Å². The molecule has 0 spiro atoms. The van der Waals surface area contributed by atoms with Gasteiger partial charge in [0, 0.05) is 5.69 Å². The molecule has 0 aliphatic heterocycles. The Hall–Kier alpha value is -1.97. The molecule has 0 saturated heterocycles. The summed E-state index contributed by atoms with van der Waals surface area (Å²) >= 11 is 0. The Morgan fingerprint density at radius 1 is 1.47 bits per heavy atom. The summed E-state index contributed by atoms with van der Waals surface area (Å²) in [4.78, 5) is 11.1. The first-order chi connectivity index (χ1) is 7.26. The van der Waals surface area contributed by atoms with Crippen LogP contribution >= 0.6 is 0 Å². The molecule has 80 valence electrons. The first-order valence-corrected chi connectivity index (χ1v) is 4.45. The molecule has 0 unspecified atom stereocenters. The number of methoxy groups -OCH3 is 1. The van der Waals surface area contributed by atoms with Crippen molar-refractivity contribution in [2.45, 2.75) is 0 Å². The standard InChI is InChI=1S/C11H13NO3/c1-3-8-15-11(13)12-9-4-6-10(14-2)7-5-9/h3-7H,1,8H2,2H3,(H,12,13). The number of hydrogen-bond donors (Lipinski definition) is 1. The van der Waals surface area contributed by atoms with Crippen molar-refractivity contribution < 1.29 is 14.3 Å². The van der Waals surface area contributed by atoms with Crippen LogP contribution in [0, 0.1) is 0 Å². The minimum absolute atomic E-state index is 0.196. The molecule has 0 atom stereocenters. The lowest BCUT2D eigenvalue weighted by molar-refractivity contribution is 0.174. The fourth-order valence-corrected chi connectivity index (χ4v) is 0.963. The second-order valence-electron chi connectivity index (χ2n) is 2.74. The Morgan fingerprint density at radius 3 is 2.67 bits per heavy atom. The maximum absolute atomic E-state index is 11.1. The Morgan fingerprint density at radius 2 is 2.13 bits per heavy atom. The van der Waals surface area contributed by atoms with Crippen molar-refractivity contribution in [1.82, 2.24) is 0 Å². The highest BCUT2D eigenvalue weighted by atomic mass is 16.5. The summed E-state index contributed by atoms with van der Waals surface area (Å²) in [5.41, 5.74) is 0.657. The lowest BCUT2D eigenvalue weighted by atomic mass is 10.3. The molecule has 0 aliphatic carbocycles. The van der Waals surface area contributed by atoms with Crippen LogP contribution < -0.4 is 10.1 Å². The van der Waals surface area contributed by atoms with Crippen molar-refractivity contribution in [2.24, 2.45) is 0 Å². The van der Waals surface area contributed by atoms with E-state index in [2.05, 4.69) is 11.9 Å². The van der Waals surface area contributed by atoms with Crippen LogP contribution in [-0.4, -0.2) is 19.8 Å². The average Bonchev–Trinajstić information content (AvgIpc) is 2.27. The molecule has 15 heavy (non-hydrogen) atoms. The summed E-state index contributed by atoms with van der Waals surface area (Å²) in [6, 6.07) is 6.97. The van der Waals surface area contributed by atoms with E-state index in [-0.39, 0.29) is 6.61 Å². The third kappa shape index (κ3) is 3.72. The molecule has 4 nitrogen and oxygen atoms in total. The van der Waals surface area contributed by atoms with Gasteiger partial charge in [0.15, 0.2) is 0 Å². The fourth-order valence-electron chi connectivity index (χ4n) is 0.963. The quantitative estimate of drug-likeness (QED) is 0.771. The summed E-state index contributed by atoms with van der Waals surface area (Å²) in [6.07, 6.45) is 1.01. The van der Waals surface area contributed by atoms with E-state index in [9.17, 15) is 4.79 Å². The lowest BCUT2D eigenvalue weighted by Crippen LogP contribution is -2.13. The van der Waals surface area contributed by atoms with Crippen LogP contribution in [0.1, 0.15) is 0 Å². The first-order valence-electron chi connectivity index (χ1n) is 4.45. The van der Waals surface area contributed by atoms with E-state index in [1.807, 2.05) is 0 Å². The lowest BCUT2D eigenvalue weighted by Gasteiger charge is -2.05. The van der Waals surface area contributed by atoms with Gasteiger partial charge in [0.25, 0.3) is 0 Å². The number of amides is 1. The third-order valence-corrected chi connectivity index (χ3v) is 1.67. The van der Waals surface area contributed by atoms with Crippen LogP contribution in [0.4, 0.5) is 10.5 Å². The number of anilines is 1. The molecule has 0 radical (unpaired) electrons. The molecule has 1 amide bonds. The number of ether oxygens (including phenoxy) is 2. The van der Waals surface area contributed by atoms with Gasteiger partial charge >= 0.3 is 6.09 Å². The number of rotatable bonds is 4. The molecule has 0 fully saturated rings. The van der Waals surface area contributed by atoms with Crippen LogP contribution in [0.5, 0.6) is 5.75 Å². The molecular weight excluding hydrogens is 194 g/mol. The van der Waals surface area contributed by atoms with Crippen LogP contribution in [0.15, 0.2) is 36.9 Å². The summed E-state index contributed by atoms with van der Waals surface area (Å²) < 4.78 is 9.73. The second-order valence-corrected chi connectivity index (χ2v) is 2.74. The molecule has 0 aliphatic rings. The largest absolute Gasteiger partial charge is 0.497 e. The van der Waals surface area contributed by atoms with E-state index in [0.717, 1.165) is 5.75 Å². The van der Waals surface area contributed by atoms with Gasteiger partial charge in [-0.3, -0.25) is 5.32 Å². The van der Waals surface area contributed by atoms with E-state index < -0.39 is 6.09 Å². The number of carbonyl (C=O) groups is 1. The normalized spacial score (nSPS) is 9.13. The van der Waals surface area contributed by atoms with Crippen molar-refractivity contribution in [1.29, 1.82) is 0 Å². The summed E-state index contributed by atoms with van der Waals surface area (Å²) in [5, 5.41) is 2.56. The van der Waals surface area contributed by atoms with Gasteiger partial charge in [-0.2, -0.15) is 0 Å². The SMILES string of the molecule is C=CCOC(=O)Nc1ccc(OC)cc1. The van der Waals surface area contributed by atoms with Crippen LogP contribution in [0.25, 0.3) is 0 Å². The molecule has 1 aromatic rings. The van der Waals surface area contributed by atoms with Crippen molar-refractivity contribution >= 4 is 11.8 Å². The highest BCUT2D eigenvalue weighted by Crippen LogP contribution is 2.14. The Labute approximate surface area is 88.5 Å². The van der Waals surface area contributed by atoms with Crippen molar-refractivity contribution in [3.05, 3.63) is 36.9 Å². The first kappa shape index (κ1) is 11.1. The summed E-state index contributed by atoms with van der Waals surface area (Å²) in [5.74, 6) is 0.736. The second kappa shape index (κ2) is 5.70. The van der Waals surface area contributed by atoms with Crippen LogP contribution in [-0.2, 0) is 4.74 Å². The number of nitrogens with one attached hydrogen (secondary N) is 1. The number of hydrogen-bond acceptors (Lipinski definition) is 3. The van der Waals surface area contributed by atoms with Crippen molar-refractivity contribution in [3.8, 4) is 5.75 Å². The van der Waals surface area contributed by atoms with Crippen molar-refractivity contribution in [3.63, 3.8) is 0 Å². The van der Waals surface area contributed by atoms with E-state index in [4.69, 9.17) is 9.47 Å². The Bertz CT molecular complexity index is 332. The zero-order chi connectivity index (χ0) is 11.1. The molecular formula is C11H13NO3. The van der Waals surface area contributed by atoms with Crippen molar-refractivity contribution in [2.75, 3.05) is 19.0 Å². The van der Waals surface area contributed by atoms with Gasteiger partial charge < -0.3 is 9.47 Å². The third-order valence-electron chi connectivity index (χ3n) is 1.67. The molecule has 1 rings (SSSR count). The highest BCUT2D eigenvalue weighted by molar-refractivity contribution is 5.84. The van der Waals surface area contributed by atoms with Crippen LogP contribution in [0.2, 0.25) is 0 Å². The van der Waals surface area contributed by atoms with Gasteiger partial charge in [-0.15, -0.1) is 0 Å². The Kier molecular flexibility index (Phi) is 4.22. The summed E-state index contributed by atoms with van der Waals surface area (Å²) in [6.45, 7) is 3.64. The number of carbonyl (C=O) groups excluding carboxylic acids is 1. The molecule has 1 aromatic carbocycles. The predicted molar refractivity (Wildman–Crippen MR) is 58.2 cm³/mol. The molecule has 0 heterocycles. The van der Waals surface area contributed by atoms with Gasteiger partial charge in [-0.05, 0) is 24.3 Å². The van der Waals surface area contributed by atoms with Gasteiger partial charge in [-0.1, -0.05) is 12.7 Å². The zero-order valence-corrected chi connectivity index (χ0v) is 8.53. The maximum atomic E-state index is 11.1. The van der Waals surface area contributed by atoms with E-state index in [1.165, 1.54) is 6.08 Å². The highest BCUT2D eigenvalue weighted by Gasteiger charge is 2.01. The maximum Gasteiger partial charge on any atom is 0.411 e. The fraction of sp³-hybridized carbons (Fsp3) is 0.182. The van der Waals surface area contributed by atoms with Gasteiger partial charge in [0.1, 0.15) is 12.4 Å². The van der Waals surface area contributed by atoms with E-state index in [1.54, 1.807) is 31.4 Å². The van der Waals surface area contributed by atoms with E-state index >= 15 is 0 Å². The monoisotopic (exact) mass is 207 g/mol. The molecule has 4 heteroatoms. The van der Waals surface area contributed by atoms with Gasteiger partial charge in [-0.25, -0.2) is 4.79 Å². The molecule has 0 aromatic heterocycles. The van der Waals surface area contributed by atoms with Crippen LogP contribution in [0.3, 0.4) is 0 Å². The van der Waals surface area contributed by atoms with Gasteiger partial charge in [0.05, 0.1) is 7.11 Å². The van der Waals surface area contributed by atoms with Gasteiger partial charge in [0.2, 0.25) is 0 Å². The number of benzene rings is 1. The molecule has 0 saturated carbocycles. The zero-order valence-electron chi connectivity index (χ0n) is 8.53. The molecule has 1 N–H and O–H groups in total. The Balaban J connectivity index is 2.49. The average molecular weight is 207 g/mol.